The Labute approximate surface area is 157 Å². The second kappa shape index (κ2) is 7.45. The Balaban J connectivity index is 1.97. The zero-order valence-corrected chi connectivity index (χ0v) is 16.2. The number of halogens is 1. The molecule has 0 aliphatic heterocycles. The van der Waals surface area contributed by atoms with E-state index in [9.17, 15) is 4.79 Å². The summed E-state index contributed by atoms with van der Waals surface area (Å²) in [5.74, 6) is 0.525. The third kappa shape index (κ3) is 3.44. The van der Waals surface area contributed by atoms with Crippen LogP contribution in [-0.2, 0) is 6.67 Å². The number of nitrogens with one attached hydrogen (secondary N) is 1. The summed E-state index contributed by atoms with van der Waals surface area (Å²) in [6.45, 7) is 8.36. The molecule has 0 aliphatic rings. The molecule has 0 saturated heterocycles. The maximum atomic E-state index is 12.2. The minimum Gasteiger partial charge on any atom is -0.350 e. The third-order valence-corrected chi connectivity index (χ3v) is 4.78. The van der Waals surface area contributed by atoms with Crippen molar-refractivity contribution < 1.29 is 0 Å². The van der Waals surface area contributed by atoms with Gasteiger partial charge in [-0.3, -0.25) is 9.36 Å². The Kier molecular flexibility index (Phi) is 5.27. The summed E-state index contributed by atoms with van der Waals surface area (Å²) < 4.78 is 3.68. The van der Waals surface area contributed by atoms with E-state index in [0.29, 0.717) is 23.0 Å². The Morgan fingerprint density at radius 3 is 2.58 bits per heavy atom. The lowest BCUT2D eigenvalue weighted by atomic mass is 10.2. The van der Waals surface area contributed by atoms with Crippen molar-refractivity contribution in [1.29, 1.82) is 0 Å². The monoisotopic (exact) mass is 374 g/mol. The van der Waals surface area contributed by atoms with E-state index < -0.39 is 0 Å². The molecule has 26 heavy (non-hydrogen) atoms. The largest absolute Gasteiger partial charge is 0.350 e. The molecular weight excluding hydrogens is 352 g/mol. The van der Waals surface area contributed by atoms with Crippen molar-refractivity contribution in [2.45, 2.75) is 53.2 Å². The van der Waals surface area contributed by atoms with Gasteiger partial charge in [-0.05, 0) is 49.9 Å². The molecule has 0 atom stereocenters. The molecule has 1 N–H and O–H groups in total. The van der Waals surface area contributed by atoms with Gasteiger partial charge >= 0.3 is 0 Å². The van der Waals surface area contributed by atoms with Gasteiger partial charge in [0.15, 0.2) is 17.0 Å². The summed E-state index contributed by atoms with van der Waals surface area (Å²) in [5.41, 5.74) is 3.11. The highest BCUT2D eigenvalue weighted by Gasteiger charge is 2.16. The highest BCUT2D eigenvalue weighted by molar-refractivity contribution is 6.28. The Bertz CT molecular complexity index is 989. The first-order valence-corrected chi connectivity index (χ1v) is 9.14. The number of nitrogens with zero attached hydrogens (tertiary/aromatic N) is 5. The van der Waals surface area contributed by atoms with Crippen LogP contribution < -0.4 is 10.9 Å². The molecule has 0 amide bonds. The number of aromatic nitrogens is 5. The molecule has 0 unspecified atom stereocenters. The summed E-state index contributed by atoms with van der Waals surface area (Å²) in [7, 11) is 0. The number of imidazole rings is 1. The van der Waals surface area contributed by atoms with Gasteiger partial charge in [-0.25, -0.2) is 4.98 Å². The molecule has 3 rings (SSSR count). The molecule has 0 aromatic carbocycles. The van der Waals surface area contributed by atoms with E-state index in [1.54, 1.807) is 17.0 Å². The predicted octanol–water partition coefficient (Wildman–Crippen LogP) is 3.69. The van der Waals surface area contributed by atoms with Crippen LogP contribution >= 0.6 is 11.6 Å². The number of fused-ring (bicyclic) bond motifs is 1. The zero-order chi connectivity index (χ0) is 18.8. The lowest BCUT2D eigenvalue weighted by Gasteiger charge is -2.15. The fourth-order valence-electron chi connectivity index (χ4n) is 3.21. The third-order valence-electron chi connectivity index (χ3n) is 4.61. The molecule has 138 valence electrons. The second-order valence-electron chi connectivity index (χ2n) is 6.41. The van der Waals surface area contributed by atoms with Gasteiger partial charge in [0.05, 0.1) is 13.0 Å². The molecule has 0 spiro atoms. The lowest BCUT2D eigenvalue weighted by Crippen LogP contribution is -2.25. The van der Waals surface area contributed by atoms with Crippen molar-refractivity contribution >= 4 is 28.6 Å². The van der Waals surface area contributed by atoms with Gasteiger partial charge in [-0.1, -0.05) is 13.8 Å². The summed E-state index contributed by atoms with van der Waals surface area (Å²) >= 11 is 6.14. The Morgan fingerprint density at radius 2 is 1.92 bits per heavy atom. The van der Waals surface area contributed by atoms with Crippen LogP contribution in [0.3, 0.4) is 0 Å². The minimum absolute atomic E-state index is 0.0612. The smallest absolute Gasteiger partial charge is 0.252 e. The maximum absolute atomic E-state index is 12.2. The van der Waals surface area contributed by atoms with E-state index in [2.05, 4.69) is 34.1 Å². The average molecular weight is 375 g/mol. The standard InChI is InChI=1S/C18H23ClN6O/c1-5-13(6-2)25-9-20-15-16(22-18(19)23-17(15)25)21-10-24-12(4)7-11(3)8-14(24)26/h7-9,13H,5-6,10H2,1-4H3,(H,21,22,23). The average Bonchev–Trinajstić information content (AvgIpc) is 2.99. The number of hydrogen-bond donors (Lipinski definition) is 1. The molecule has 7 nitrogen and oxygen atoms in total. The molecule has 3 aromatic rings. The van der Waals surface area contributed by atoms with E-state index >= 15 is 0 Å². The summed E-state index contributed by atoms with van der Waals surface area (Å²) in [6.07, 6.45) is 3.73. The quantitative estimate of drug-likeness (QED) is 0.666. The predicted molar refractivity (Wildman–Crippen MR) is 104 cm³/mol. The van der Waals surface area contributed by atoms with Gasteiger partial charge in [0.25, 0.3) is 5.56 Å². The van der Waals surface area contributed by atoms with Crippen molar-refractivity contribution in [3.63, 3.8) is 0 Å². The van der Waals surface area contributed by atoms with Crippen LogP contribution in [0.15, 0.2) is 23.3 Å². The van der Waals surface area contributed by atoms with Crippen molar-refractivity contribution in [2.75, 3.05) is 5.32 Å². The number of hydrogen-bond acceptors (Lipinski definition) is 5. The molecule has 3 heterocycles. The van der Waals surface area contributed by atoms with E-state index in [0.717, 1.165) is 24.1 Å². The molecular formula is C18H23ClN6O. The molecule has 0 fully saturated rings. The molecule has 8 heteroatoms. The highest BCUT2D eigenvalue weighted by atomic mass is 35.5. The van der Waals surface area contributed by atoms with Crippen LogP contribution in [0.5, 0.6) is 0 Å². The van der Waals surface area contributed by atoms with Crippen molar-refractivity contribution in [2.24, 2.45) is 0 Å². The number of rotatable bonds is 6. The van der Waals surface area contributed by atoms with Gasteiger partial charge in [0.1, 0.15) is 0 Å². The van der Waals surface area contributed by atoms with Gasteiger partial charge in [-0.15, -0.1) is 0 Å². The van der Waals surface area contributed by atoms with E-state index in [1.807, 2.05) is 24.5 Å². The SMILES string of the molecule is CCC(CC)n1cnc2c(NCn3c(C)cc(C)cc3=O)nc(Cl)nc21. The first kappa shape index (κ1) is 18.4. The number of pyridine rings is 1. The summed E-state index contributed by atoms with van der Waals surface area (Å²) in [4.78, 5) is 25.3. The molecule has 0 aliphatic carbocycles. The first-order valence-electron chi connectivity index (χ1n) is 8.76. The van der Waals surface area contributed by atoms with Crippen molar-refractivity contribution in [1.82, 2.24) is 24.1 Å². The topological polar surface area (TPSA) is 77.6 Å². The fourth-order valence-corrected chi connectivity index (χ4v) is 3.38. The first-order chi connectivity index (χ1) is 12.4. The van der Waals surface area contributed by atoms with Gasteiger partial charge in [-0.2, -0.15) is 9.97 Å². The zero-order valence-electron chi connectivity index (χ0n) is 15.5. The van der Waals surface area contributed by atoms with Crippen molar-refractivity contribution in [3.8, 4) is 0 Å². The molecule has 0 saturated carbocycles. The summed E-state index contributed by atoms with van der Waals surface area (Å²) in [5, 5.41) is 3.34. The Hall–Kier alpha value is -2.41. The lowest BCUT2D eigenvalue weighted by molar-refractivity contribution is 0.480. The van der Waals surface area contributed by atoms with E-state index in [4.69, 9.17) is 11.6 Å². The Morgan fingerprint density at radius 1 is 1.19 bits per heavy atom. The van der Waals surface area contributed by atoms with Gasteiger partial charge in [0, 0.05) is 17.8 Å². The number of aryl methyl sites for hydroxylation is 2. The fraction of sp³-hybridized carbons (Fsp3) is 0.444. The van der Waals surface area contributed by atoms with Gasteiger partial charge < -0.3 is 9.88 Å². The molecule has 0 radical (unpaired) electrons. The van der Waals surface area contributed by atoms with Crippen LogP contribution in [0.2, 0.25) is 5.28 Å². The van der Waals surface area contributed by atoms with Crippen LogP contribution in [0, 0.1) is 13.8 Å². The van der Waals surface area contributed by atoms with Crippen molar-refractivity contribution in [3.05, 3.63) is 45.4 Å². The van der Waals surface area contributed by atoms with E-state index in [1.165, 1.54) is 0 Å². The number of anilines is 1. The molecule has 0 bridgehead atoms. The van der Waals surface area contributed by atoms with Gasteiger partial charge in [0.2, 0.25) is 5.28 Å². The minimum atomic E-state index is -0.0612. The normalized spacial score (nSPS) is 11.5. The van der Waals surface area contributed by atoms with Crippen LogP contribution in [0.1, 0.15) is 44.0 Å². The van der Waals surface area contributed by atoms with Crippen LogP contribution in [-0.4, -0.2) is 24.1 Å². The molecule has 3 aromatic heterocycles. The second-order valence-corrected chi connectivity index (χ2v) is 6.75. The summed E-state index contributed by atoms with van der Waals surface area (Å²) in [6, 6.07) is 3.88. The maximum Gasteiger partial charge on any atom is 0.252 e. The van der Waals surface area contributed by atoms with E-state index in [-0.39, 0.29) is 17.5 Å². The van der Waals surface area contributed by atoms with Crippen LogP contribution in [0.4, 0.5) is 5.82 Å². The van der Waals surface area contributed by atoms with Crippen LogP contribution in [0.25, 0.3) is 11.2 Å². The highest BCUT2D eigenvalue weighted by Crippen LogP contribution is 2.26.